The Kier molecular flexibility index (Phi) is 4.54. The summed E-state index contributed by atoms with van der Waals surface area (Å²) in [6.45, 7) is 5.02. The summed E-state index contributed by atoms with van der Waals surface area (Å²) >= 11 is 1.63. The highest BCUT2D eigenvalue weighted by Gasteiger charge is 2.60. The van der Waals surface area contributed by atoms with Gasteiger partial charge >= 0.3 is 5.97 Å². The Bertz CT molecular complexity index is 994. The molecule has 2 aromatic rings. The smallest absolute Gasteiger partial charge is 0.339 e. The Morgan fingerprint density at radius 2 is 2.06 bits per heavy atom. The molecule has 2 aromatic heterocycles. The Morgan fingerprint density at radius 3 is 2.90 bits per heavy atom. The average Bonchev–Trinajstić information content (AvgIpc) is 3.35. The fourth-order valence-electron chi connectivity index (χ4n) is 8.00. The molecule has 3 saturated carbocycles. The van der Waals surface area contributed by atoms with Crippen LogP contribution in [0.2, 0.25) is 0 Å². The van der Waals surface area contributed by atoms with Crippen LogP contribution in [0, 0.1) is 29.1 Å². The maximum absolute atomic E-state index is 12.6. The van der Waals surface area contributed by atoms with E-state index in [9.17, 15) is 4.79 Å². The number of esters is 1. The minimum atomic E-state index is -0.220. The Labute approximate surface area is 188 Å². The molecule has 4 aliphatic carbocycles. The molecular formula is C25H31N3O2S. The van der Waals surface area contributed by atoms with Crippen molar-refractivity contribution >= 4 is 17.5 Å². The molecule has 0 radical (unpaired) electrons. The second-order valence-corrected chi connectivity index (χ2v) is 11.7. The summed E-state index contributed by atoms with van der Waals surface area (Å²) in [5.74, 6) is 2.77. The van der Waals surface area contributed by atoms with Crippen molar-refractivity contribution in [2.24, 2.45) is 29.1 Å². The lowest BCUT2D eigenvalue weighted by molar-refractivity contribution is -0.113. The summed E-state index contributed by atoms with van der Waals surface area (Å²) in [6.07, 6.45) is 12.9. The number of hydrogen-bond donors (Lipinski definition) is 0. The van der Waals surface area contributed by atoms with Crippen molar-refractivity contribution in [2.75, 3.05) is 0 Å². The van der Waals surface area contributed by atoms with E-state index >= 15 is 0 Å². The highest BCUT2D eigenvalue weighted by Crippen LogP contribution is 2.65. The zero-order chi connectivity index (χ0) is 21.2. The van der Waals surface area contributed by atoms with E-state index in [1.165, 1.54) is 49.1 Å². The fourth-order valence-corrected chi connectivity index (χ4v) is 8.83. The highest BCUT2D eigenvalue weighted by atomic mass is 32.1. The van der Waals surface area contributed by atoms with Crippen molar-refractivity contribution in [3.8, 4) is 0 Å². The van der Waals surface area contributed by atoms with Gasteiger partial charge in [-0.25, -0.2) is 4.79 Å². The Hall–Kier alpha value is -1.82. The van der Waals surface area contributed by atoms with E-state index < -0.39 is 0 Å². The van der Waals surface area contributed by atoms with Crippen molar-refractivity contribution in [1.29, 1.82) is 0 Å². The third kappa shape index (κ3) is 2.93. The van der Waals surface area contributed by atoms with E-state index in [2.05, 4.69) is 28.4 Å². The number of pyridine rings is 1. The normalized spacial score (nSPS) is 40.9. The van der Waals surface area contributed by atoms with Crippen LogP contribution in [0.1, 0.15) is 79.7 Å². The van der Waals surface area contributed by atoms with Crippen LogP contribution in [0.3, 0.4) is 0 Å². The first-order valence-electron chi connectivity index (χ1n) is 11.9. The fraction of sp³-hybridized carbons (Fsp3) is 0.680. The van der Waals surface area contributed by atoms with Gasteiger partial charge in [-0.2, -0.15) is 0 Å². The maximum Gasteiger partial charge on any atom is 0.339 e. The number of nitrogens with zero attached hydrogens (tertiary/aromatic N) is 3. The topological polar surface area (TPSA) is 65.0 Å². The van der Waals surface area contributed by atoms with Crippen LogP contribution in [0.4, 0.5) is 0 Å². The number of fused-ring (bicyclic) bond motifs is 7. The number of carbonyl (C=O) groups is 1. The number of aromatic nitrogens is 3. The minimum Gasteiger partial charge on any atom is -0.459 e. The molecule has 4 aliphatic rings. The van der Waals surface area contributed by atoms with Gasteiger partial charge in [0.05, 0.1) is 11.3 Å². The molecule has 3 fully saturated rings. The second-order valence-electron chi connectivity index (χ2n) is 10.9. The quantitative estimate of drug-likeness (QED) is 0.603. The summed E-state index contributed by atoms with van der Waals surface area (Å²) < 4.78 is 10.2. The number of hydrogen-bond acceptors (Lipinski definition) is 6. The molecule has 2 heterocycles. The molecule has 0 spiro atoms. The lowest BCUT2D eigenvalue weighted by Gasteiger charge is -2.60. The number of rotatable bonds is 2. The van der Waals surface area contributed by atoms with Crippen LogP contribution in [0.15, 0.2) is 24.5 Å². The van der Waals surface area contributed by atoms with Gasteiger partial charge in [-0.1, -0.05) is 18.3 Å². The Morgan fingerprint density at radius 1 is 1.16 bits per heavy atom. The maximum atomic E-state index is 12.6. The van der Waals surface area contributed by atoms with E-state index in [-0.39, 0.29) is 17.5 Å². The summed E-state index contributed by atoms with van der Waals surface area (Å²) in [6, 6.07) is 3.58. The van der Waals surface area contributed by atoms with Gasteiger partial charge in [-0.05, 0) is 104 Å². The van der Waals surface area contributed by atoms with Gasteiger partial charge in [-0.3, -0.25) is 4.98 Å². The highest BCUT2D eigenvalue weighted by molar-refractivity contribution is 7.05. The first-order valence-corrected chi connectivity index (χ1v) is 12.7. The number of ether oxygens (including phenoxy) is 1. The van der Waals surface area contributed by atoms with Gasteiger partial charge in [0.15, 0.2) is 0 Å². The van der Waals surface area contributed by atoms with E-state index in [0.29, 0.717) is 16.9 Å². The summed E-state index contributed by atoms with van der Waals surface area (Å²) in [5.41, 5.74) is 2.49. The third-order valence-electron chi connectivity index (χ3n) is 9.68. The molecule has 0 saturated heterocycles. The van der Waals surface area contributed by atoms with Crippen molar-refractivity contribution in [1.82, 2.24) is 14.6 Å². The predicted molar refractivity (Wildman–Crippen MR) is 119 cm³/mol. The van der Waals surface area contributed by atoms with Crippen molar-refractivity contribution in [3.63, 3.8) is 0 Å². The van der Waals surface area contributed by atoms with Crippen LogP contribution >= 0.6 is 11.5 Å². The van der Waals surface area contributed by atoms with Crippen LogP contribution in [-0.4, -0.2) is 26.6 Å². The monoisotopic (exact) mass is 437 g/mol. The van der Waals surface area contributed by atoms with Crippen molar-refractivity contribution in [2.45, 2.75) is 76.7 Å². The van der Waals surface area contributed by atoms with E-state index in [4.69, 9.17) is 4.74 Å². The zero-order valence-electron chi connectivity index (χ0n) is 18.4. The zero-order valence-corrected chi connectivity index (χ0v) is 19.2. The minimum absolute atomic E-state index is 0.0462. The standard InChI is InChI=1S/C25H31N3O2S/c1-24-9-7-17(30-23(29)15-4-3-11-26-14-15)12-16(24)5-6-18-19(24)8-10-25(2)20(18)13-21-22(25)27-28-31-21/h3-4,11,14,16-20H,5-10,12-13H2,1-2H3/t16-,17-,18+,19-,20-,24-,25-/m0/s1. The molecule has 31 heavy (non-hydrogen) atoms. The van der Waals surface area contributed by atoms with Gasteiger partial charge in [0, 0.05) is 22.7 Å². The van der Waals surface area contributed by atoms with Crippen LogP contribution in [0.5, 0.6) is 0 Å². The number of carbonyl (C=O) groups excluding carboxylic acids is 1. The molecular weight excluding hydrogens is 406 g/mol. The molecule has 7 atom stereocenters. The molecule has 0 N–H and O–H groups in total. The summed E-state index contributed by atoms with van der Waals surface area (Å²) in [5, 5.41) is 4.57. The van der Waals surface area contributed by atoms with E-state index in [1.807, 2.05) is 0 Å². The molecule has 6 rings (SSSR count). The Balaban J connectivity index is 1.18. The first kappa shape index (κ1) is 19.8. The third-order valence-corrected chi connectivity index (χ3v) is 10.4. The van der Waals surface area contributed by atoms with Crippen LogP contribution < -0.4 is 0 Å². The van der Waals surface area contributed by atoms with Gasteiger partial charge in [0.2, 0.25) is 0 Å². The van der Waals surface area contributed by atoms with Gasteiger partial charge in [0.25, 0.3) is 0 Å². The van der Waals surface area contributed by atoms with Crippen LogP contribution in [-0.2, 0) is 16.6 Å². The van der Waals surface area contributed by atoms with Crippen molar-refractivity contribution in [3.05, 3.63) is 40.7 Å². The largest absolute Gasteiger partial charge is 0.459 e. The SMILES string of the molecule is C[C@]12CC[C@H](OC(=O)c3cccnc3)C[C@@H]1CC[C@@H]1[C@@H]2CC[C@]2(C)c3nnsc3C[C@@H]12. The van der Waals surface area contributed by atoms with E-state index in [1.54, 1.807) is 36.1 Å². The molecule has 5 nitrogen and oxygen atoms in total. The van der Waals surface area contributed by atoms with Crippen molar-refractivity contribution < 1.29 is 9.53 Å². The second kappa shape index (κ2) is 7.09. The summed E-state index contributed by atoms with van der Waals surface area (Å²) in [4.78, 5) is 18.1. The predicted octanol–water partition coefficient (Wildman–Crippen LogP) is 5.22. The lowest BCUT2D eigenvalue weighted by atomic mass is 9.45. The molecule has 6 heteroatoms. The first-order chi connectivity index (χ1) is 15.0. The molecule has 0 bridgehead atoms. The molecule has 0 unspecified atom stereocenters. The van der Waals surface area contributed by atoms with Gasteiger partial charge in [0.1, 0.15) is 6.10 Å². The molecule has 0 aliphatic heterocycles. The van der Waals surface area contributed by atoms with Gasteiger partial charge < -0.3 is 4.74 Å². The van der Waals surface area contributed by atoms with E-state index in [0.717, 1.165) is 30.6 Å². The lowest BCUT2D eigenvalue weighted by Crippen LogP contribution is -2.54. The molecule has 0 amide bonds. The summed E-state index contributed by atoms with van der Waals surface area (Å²) in [7, 11) is 0. The van der Waals surface area contributed by atoms with Gasteiger partial charge in [-0.15, -0.1) is 5.10 Å². The molecule has 0 aromatic carbocycles. The average molecular weight is 438 g/mol. The van der Waals surface area contributed by atoms with Crippen LogP contribution in [0.25, 0.3) is 0 Å². The molecule has 164 valence electrons.